The molecule has 0 amide bonds. The first kappa shape index (κ1) is 14.9. The second-order valence-electron chi connectivity index (χ2n) is 5.46. The highest BCUT2D eigenvalue weighted by atomic mass is 32.2. The van der Waals surface area contributed by atoms with Crippen molar-refractivity contribution in [3.8, 4) is 0 Å². The van der Waals surface area contributed by atoms with E-state index in [0.29, 0.717) is 12.1 Å². The molecule has 2 atom stereocenters. The van der Waals surface area contributed by atoms with Crippen molar-refractivity contribution in [1.29, 1.82) is 0 Å². The number of benzene rings is 1. The Morgan fingerprint density at radius 1 is 1.42 bits per heavy atom. The SMILES string of the molecule is CCC(C)N(C)CCNC1CSCc2ccccc21. The van der Waals surface area contributed by atoms with Gasteiger partial charge in [0.25, 0.3) is 0 Å². The average molecular weight is 278 g/mol. The molecule has 0 aromatic heterocycles. The Kier molecular flexibility index (Phi) is 5.74. The van der Waals surface area contributed by atoms with E-state index in [1.807, 2.05) is 11.8 Å². The van der Waals surface area contributed by atoms with Crippen molar-refractivity contribution in [3.63, 3.8) is 0 Å². The van der Waals surface area contributed by atoms with Gasteiger partial charge in [0.05, 0.1) is 0 Å². The maximum Gasteiger partial charge on any atom is 0.0415 e. The summed E-state index contributed by atoms with van der Waals surface area (Å²) < 4.78 is 0. The normalized spacial score (nSPS) is 20.3. The van der Waals surface area contributed by atoms with E-state index in [9.17, 15) is 0 Å². The van der Waals surface area contributed by atoms with Gasteiger partial charge in [-0.3, -0.25) is 0 Å². The minimum absolute atomic E-state index is 0.528. The summed E-state index contributed by atoms with van der Waals surface area (Å²) in [6.07, 6.45) is 1.22. The number of nitrogens with zero attached hydrogens (tertiary/aromatic N) is 1. The number of fused-ring (bicyclic) bond motifs is 1. The van der Waals surface area contributed by atoms with Crippen LogP contribution in [-0.2, 0) is 5.75 Å². The lowest BCUT2D eigenvalue weighted by Gasteiger charge is -2.28. The van der Waals surface area contributed by atoms with Gasteiger partial charge in [-0.2, -0.15) is 11.8 Å². The van der Waals surface area contributed by atoms with Crippen molar-refractivity contribution in [2.45, 2.75) is 38.1 Å². The lowest BCUT2D eigenvalue weighted by Crippen LogP contribution is -2.37. The zero-order valence-electron chi connectivity index (χ0n) is 12.4. The fourth-order valence-electron chi connectivity index (χ4n) is 2.50. The topological polar surface area (TPSA) is 15.3 Å². The van der Waals surface area contributed by atoms with Crippen LogP contribution in [0.4, 0.5) is 0 Å². The molecular formula is C16H26N2S. The smallest absolute Gasteiger partial charge is 0.0415 e. The molecule has 0 bridgehead atoms. The second-order valence-corrected chi connectivity index (χ2v) is 6.49. The molecule has 1 aliphatic rings. The Hall–Kier alpha value is -0.510. The third kappa shape index (κ3) is 3.98. The number of hydrogen-bond donors (Lipinski definition) is 1. The summed E-state index contributed by atoms with van der Waals surface area (Å²) >= 11 is 2.04. The van der Waals surface area contributed by atoms with Gasteiger partial charge >= 0.3 is 0 Å². The first-order valence-corrected chi connectivity index (χ1v) is 8.47. The molecule has 2 unspecified atom stereocenters. The Bertz CT molecular complexity index is 394. The van der Waals surface area contributed by atoms with Gasteiger partial charge in [-0.1, -0.05) is 31.2 Å². The van der Waals surface area contributed by atoms with Crippen LogP contribution in [-0.4, -0.2) is 36.8 Å². The standard InChI is InChI=1S/C16H26N2S/c1-4-13(2)18(3)10-9-17-16-12-19-11-14-7-5-6-8-15(14)16/h5-8,13,16-17H,4,9-12H2,1-3H3. The van der Waals surface area contributed by atoms with Gasteiger partial charge in [0.1, 0.15) is 0 Å². The van der Waals surface area contributed by atoms with E-state index < -0.39 is 0 Å². The summed E-state index contributed by atoms with van der Waals surface area (Å²) in [5.41, 5.74) is 3.01. The summed E-state index contributed by atoms with van der Waals surface area (Å²) in [6, 6.07) is 10.1. The molecule has 0 saturated heterocycles. The Morgan fingerprint density at radius 3 is 3.00 bits per heavy atom. The molecule has 2 rings (SSSR count). The van der Waals surface area contributed by atoms with Crippen LogP contribution in [0.25, 0.3) is 0 Å². The molecule has 0 saturated carbocycles. The molecule has 0 fully saturated rings. The molecule has 2 nitrogen and oxygen atoms in total. The van der Waals surface area contributed by atoms with Crippen LogP contribution in [0.3, 0.4) is 0 Å². The summed E-state index contributed by atoms with van der Waals surface area (Å²) in [6.45, 7) is 6.74. The van der Waals surface area contributed by atoms with Crippen LogP contribution in [0.2, 0.25) is 0 Å². The average Bonchev–Trinajstić information content (AvgIpc) is 2.46. The first-order chi connectivity index (χ1) is 9.22. The van der Waals surface area contributed by atoms with Gasteiger partial charge in [-0.25, -0.2) is 0 Å². The number of likely N-dealkylation sites (N-methyl/N-ethyl adjacent to an activating group) is 1. The molecule has 1 aliphatic heterocycles. The molecule has 1 heterocycles. The molecule has 106 valence electrons. The van der Waals surface area contributed by atoms with E-state index >= 15 is 0 Å². The molecule has 1 N–H and O–H groups in total. The molecule has 1 aromatic rings. The molecule has 0 spiro atoms. The predicted octanol–water partition coefficient (Wildman–Crippen LogP) is 3.29. The van der Waals surface area contributed by atoms with Gasteiger partial charge < -0.3 is 10.2 Å². The van der Waals surface area contributed by atoms with Gasteiger partial charge in [0.15, 0.2) is 0 Å². The van der Waals surface area contributed by atoms with Crippen LogP contribution in [0.5, 0.6) is 0 Å². The lowest BCUT2D eigenvalue weighted by atomic mass is 10.0. The van der Waals surface area contributed by atoms with Gasteiger partial charge in [-0.05, 0) is 31.5 Å². The van der Waals surface area contributed by atoms with E-state index in [1.54, 1.807) is 0 Å². The third-order valence-corrected chi connectivity index (χ3v) is 5.26. The number of thioether (sulfide) groups is 1. The van der Waals surface area contributed by atoms with Crippen molar-refractivity contribution >= 4 is 11.8 Å². The minimum atomic E-state index is 0.528. The molecular weight excluding hydrogens is 252 g/mol. The Balaban J connectivity index is 1.84. The molecule has 3 heteroatoms. The van der Waals surface area contributed by atoms with Crippen LogP contribution >= 0.6 is 11.8 Å². The highest BCUT2D eigenvalue weighted by Gasteiger charge is 2.19. The van der Waals surface area contributed by atoms with Crippen molar-refractivity contribution in [2.75, 3.05) is 25.9 Å². The first-order valence-electron chi connectivity index (χ1n) is 7.31. The molecule has 1 aromatic carbocycles. The highest BCUT2D eigenvalue weighted by molar-refractivity contribution is 7.98. The van der Waals surface area contributed by atoms with E-state index in [-0.39, 0.29) is 0 Å². The molecule has 19 heavy (non-hydrogen) atoms. The van der Waals surface area contributed by atoms with E-state index in [4.69, 9.17) is 0 Å². The second kappa shape index (κ2) is 7.32. The Morgan fingerprint density at radius 2 is 2.21 bits per heavy atom. The number of hydrogen-bond acceptors (Lipinski definition) is 3. The van der Waals surface area contributed by atoms with Crippen molar-refractivity contribution in [2.24, 2.45) is 0 Å². The van der Waals surface area contributed by atoms with Crippen LogP contribution in [0, 0.1) is 0 Å². The Labute approximate surface area is 122 Å². The molecule has 0 aliphatic carbocycles. The summed E-state index contributed by atoms with van der Waals surface area (Å²) in [7, 11) is 2.22. The fraction of sp³-hybridized carbons (Fsp3) is 0.625. The zero-order valence-corrected chi connectivity index (χ0v) is 13.2. The van der Waals surface area contributed by atoms with Gasteiger partial charge in [0, 0.05) is 36.7 Å². The maximum atomic E-state index is 3.73. The maximum absolute atomic E-state index is 3.73. The molecule has 0 radical (unpaired) electrons. The van der Waals surface area contributed by atoms with E-state index in [0.717, 1.165) is 13.1 Å². The largest absolute Gasteiger partial charge is 0.308 e. The van der Waals surface area contributed by atoms with Gasteiger partial charge in [0.2, 0.25) is 0 Å². The monoisotopic (exact) mass is 278 g/mol. The zero-order chi connectivity index (χ0) is 13.7. The third-order valence-electron chi connectivity index (χ3n) is 4.17. The highest BCUT2D eigenvalue weighted by Crippen LogP contribution is 2.31. The number of rotatable bonds is 6. The lowest BCUT2D eigenvalue weighted by molar-refractivity contribution is 0.249. The van der Waals surface area contributed by atoms with E-state index in [1.165, 1.54) is 29.1 Å². The van der Waals surface area contributed by atoms with Crippen LogP contribution < -0.4 is 5.32 Å². The predicted molar refractivity (Wildman–Crippen MR) is 85.7 cm³/mol. The number of nitrogens with one attached hydrogen (secondary N) is 1. The minimum Gasteiger partial charge on any atom is -0.308 e. The van der Waals surface area contributed by atoms with Crippen LogP contribution in [0.15, 0.2) is 24.3 Å². The summed E-state index contributed by atoms with van der Waals surface area (Å²) in [5, 5.41) is 3.73. The van der Waals surface area contributed by atoms with Crippen LogP contribution in [0.1, 0.15) is 37.4 Å². The van der Waals surface area contributed by atoms with E-state index in [2.05, 4.69) is 55.4 Å². The van der Waals surface area contributed by atoms with Gasteiger partial charge in [-0.15, -0.1) is 0 Å². The van der Waals surface area contributed by atoms with Crippen molar-refractivity contribution < 1.29 is 0 Å². The summed E-state index contributed by atoms with van der Waals surface area (Å²) in [4.78, 5) is 2.44. The summed E-state index contributed by atoms with van der Waals surface area (Å²) in [5.74, 6) is 2.37. The van der Waals surface area contributed by atoms with Crippen molar-refractivity contribution in [3.05, 3.63) is 35.4 Å². The quantitative estimate of drug-likeness (QED) is 0.859. The fourth-order valence-corrected chi connectivity index (χ4v) is 3.63. The van der Waals surface area contributed by atoms with Crippen molar-refractivity contribution in [1.82, 2.24) is 10.2 Å².